The lowest BCUT2D eigenvalue weighted by atomic mass is 9.92. The smallest absolute Gasteiger partial charge is 0.0701 e. The van der Waals surface area contributed by atoms with E-state index in [1.807, 2.05) is 11.4 Å². The first-order valence-electron chi connectivity index (χ1n) is 6.35. The third-order valence-electron chi connectivity index (χ3n) is 3.37. The molecule has 1 atom stereocenters. The van der Waals surface area contributed by atoms with Crippen molar-refractivity contribution in [3.05, 3.63) is 35.2 Å². The van der Waals surface area contributed by atoms with E-state index >= 15 is 0 Å². The summed E-state index contributed by atoms with van der Waals surface area (Å²) in [5.41, 5.74) is 10.8. The minimum Gasteiger partial charge on any atom is -0.330 e. The van der Waals surface area contributed by atoms with Crippen molar-refractivity contribution >= 4 is 5.52 Å². The Morgan fingerprint density at radius 3 is 2.88 bits per heavy atom. The van der Waals surface area contributed by atoms with Crippen LogP contribution in [0.3, 0.4) is 0 Å². The minimum atomic E-state index is 0.495. The molecule has 0 amide bonds. The first-order chi connectivity index (χ1) is 8.17. The second kappa shape index (κ2) is 4.88. The highest BCUT2D eigenvalue weighted by Gasteiger charge is 2.14. The lowest BCUT2D eigenvalue weighted by Crippen LogP contribution is -2.08. The molecule has 2 N–H and O–H groups in total. The normalized spacial score (nSPS) is 13.2. The van der Waals surface area contributed by atoms with Crippen molar-refractivity contribution in [1.82, 2.24) is 9.61 Å². The van der Waals surface area contributed by atoms with Crippen molar-refractivity contribution in [2.75, 3.05) is 6.54 Å². The van der Waals surface area contributed by atoms with Gasteiger partial charge in [0.2, 0.25) is 0 Å². The Kier molecular flexibility index (Phi) is 3.48. The Labute approximate surface area is 103 Å². The van der Waals surface area contributed by atoms with Crippen molar-refractivity contribution in [2.45, 2.75) is 39.5 Å². The maximum absolute atomic E-state index is 5.69. The summed E-state index contributed by atoms with van der Waals surface area (Å²) in [5, 5.41) is 4.48. The van der Waals surface area contributed by atoms with Crippen molar-refractivity contribution in [3.8, 4) is 0 Å². The van der Waals surface area contributed by atoms with Gasteiger partial charge in [-0.05, 0) is 55.5 Å². The molecule has 2 aromatic rings. The number of fused-ring (bicyclic) bond motifs is 1. The van der Waals surface area contributed by atoms with Crippen LogP contribution in [0.25, 0.3) is 5.52 Å². The summed E-state index contributed by atoms with van der Waals surface area (Å²) in [6.07, 6.45) is 4.14. The van der Waals surface area contributed by atoms with Gasteiger partial charge in [-0.15, -0.1) is 0 Å². The highest BCUT2D eigenvalue weighted by molar-refractivity contribution is 5.59. The van der Waals surface area contributed by atoms with Crippen molar-refractivity contribution < 1.29 is 0 Å². The number of aryl methyl sites for hydroxylation is 2. The third-order valence-corrected chi connectivity index (χ3v) is 3.37. The van der Waals surface area contributed by atoms with Crippen LogP contribution in [0.15, 0.2) is 18.3 Å². The van der Waals surface area contributed by atoms with Crippen LogP contribution in [0.5, 0.6) is 0 Å². The quantitative estimate of drug-likeness (QED) is 0.879. The first kappa shape index (κ1) is 12.1. The summed E-state index contributed by atoms with van der Waals surface area (Å²) in [6, 6.07) is 4.35. The monoisotopic (exact) mass is 231 g/mol. The zero-order valence-corrected chi connectivity index (χ0v) is 10.9. The summed E-state index contributed by atoms with van der Waals surface area (Å²) in [5.74, 6) is 0.495. The molecule has 0 aromatic carbocycles. The number of aromatic nitrogens is 2. The van der Waals surface area contributed by atoms with E-state index in [1.54, 1.807) is 0 Å². The molecule has 0 spiro atoms. The van der Waals surface area contributed by atoms with Gasteiger partial charge < -0.3 is 5.73 Å². The predicted octanol–water partition coefficient (Wildman–Crippen LogP) is 2.66. The van der Waals surface area contributed by atoms with Gasteiger partial charge in [0.25, 0.3) is 0 Å². The largest absolute Gasteiger partial charge is 0.330 e. The molecular formula is C14H21N3. The Morgan fingerprint density at radius 1 is 1.47 bits per heavy atom. The van der Waals surface area contributed by atoms with Gasteiger partial charge in [0.15, 0.2) is 0 Å². The van der Waals surface area contributed by atoms with E-state index in [0.717, 1.165) is 25.1 Å². The Morgan fingerprint density at radius 2 is 2.24 bits per heavy atom. The lowest BCUT2D eigenvalue weighted by molar-refractivity contribution is 0.683. The van der Waals surface area contributed by atoms with E-state index < -0.39 is 0 Å². The van der Waals surface area contributed by atoms with E-state index in [2.05, 4.69) is 37.3 Å². The molecule has 0 aliphatic heterocycles. The maximum Gasteiger partial charge on any atom is 0.0701 e. The van der Waals surface area contributed by atoms with E-state index in [9.17, 15) is 0 Å². The van der Waals surface area contributed by atoms with E-state index in [-0.39, 0.29) is 0 Å². The molecular weight excluding hydrogens is 210 g/mol. The van der Waals surface area contributed by atoms with Gasteiger partial charge in [-0.3, -0.25) is 0 Å². The second-order valence-corrected chi connectivity index (χ2v) is 4.70. The molecule has 0 radical (unpaired) electrons. The van der Waals surface area contributed by atoms with Crippen LogP contribution in [-0.2, 0) is 6.42 Å². The molecule has 0 bridgehead atoms. The van der Waals surface area contributed by atoms with Gasteiger partial charge in [0, 0.05) is 6.20 Å². The van der Waals surface area contributed by atoms with E-state index in [0.29, 0.717) is 5.92 Å². The fourth-order valence-electron chi connectivity index (χ4n) is 2.52. The number of pyridine rings is 1. The highest BCUT2D eigenvalue weighted by Crippen LogP contribution is 2.28. The number of nitrogens with zero attached hydrogens (tertiary/aromatic N) is 2. The molecule has 0 saturated carbocycles. The fourth-order valence-corrected chi connectivity index (χ4v) is 2.52. The van der Waals surface area contributed by atoms with Gasteiger partial charge >= 0.3 is 0 Å². The van der Waals surface area contributed by atoms with Crippen molar-refractivity contribution in [2.24, 2.45) is 5.73 Å². The molecule has 1 unspecified atom stereocenters. The average Bonchev–Trinajstić information content (AvgIpc) is 2.67. The summed E-state index contributed by atoms with van der Waals surface area (Å²) < 4.78 is 1.98. The molecule has 0 aliphatic carbocycles. The molecule has 2 heterocycles. The highest BCUT2D eigenvalue weighted by atomic mass is 15.2. The van der Waals surface area contributed by atoms with Crippen molar-refractivity contribution in [3.63, 3.8) is 0 Å². The zero-order valence-electron chi connectivity index (χ0n) is 10.9. The first-order valence-corrected chi connectivity index (χ1v) is 6.35. The van der Waals surface area contributed by atoms with Crippen LogP contribution in [0.4, 0.5) is 0 Å². The van der Waals surface area contributed by atoms with Crippen LogP contribution in [0.2, 0.25) is 0 Å². The summed E-state index contributed by atoms with van der Waals surface area (Å²) in [7, 11) is 0. The molecule has 0 saturated heterocycles. The molecule has 0 fully saturated rings. The van der Waals surface area contributed by atoms with Gasteiger partial charge in [-0.2, -0.15) is 5.10 Å². The summed E-state index contributed by atoms with van der Waals surface area (Å²) in [6.45, 7) is 7.23. The van der Waals surface area contributed by atoms with Crippen LogP contribution < -0.4 is 5.73 Å². The predicted molar refractivity (Wildman–Crippen MR) is 71.4 cm³/mol. The Balaban J connectivity index is 2.61. The van der Waals surface area contributed by atoms with Crippen LogP contribution in [0.1, 0.15) is 43.0 Å². The average molecular weight is 231 g/mol. The SMILES string of the molecule is CCc1ccn2nc(C)cc2c1C(C)CCN. The summed E-state index contributed by atoms with van der Waals surface area (Å²) in [4.78, 5) is 0. The van der Waals surface area contributed by atoms with Crippen molar-refractivity contribution in [1.29, 1.82) is 0 Å². The van der Waals surface area contributed by atoms with Gasteiger partial charge in [0.05, 0.1) is 11.2 Å². The molecule has 92 valence electrons. The molecule has 2 aromatic heterocycles. The Hall–Kier alpha value is -1.35. The van der Waals surface area contributed by atoms with Gasteiger partial charge in [0.1, 0.15) is 0 Å². The van der Waals surface area contributed by atoms with E-state index in [4.69, 9.17) is 5.73 Å². The van der Waals surface area contributed by atoms with Crippen LogP contribution in [-0.4, -0.2) is 16.2 Å². The van der Waals surface area contributed by atoms with Crippen LogP contribution in [0, 0.1) is 6.92 Å². The van der Waals surface area contributed by atoms with E-state index in [1.165, 1.54) is 16.6 Å². The standard InChI is InChI=1S/C14H21N3/c1-4-12-6-8-17-13(9-11(3)16-17)14(12)10(2)5-7-15/h6,8-10H,4-5,7,15H2,1-3H3. The molecule has 0 aliphatic rings. The maximum atomic E-state index is 5.69. The minimum absolute atomic E-state index is 0.495. The van der Waals surface area contributed by atoms with Gasteiger partial charge in [-0.25, -0.2) is 4.52 Å². The zero-order chi connectivity index (χ0) is 12.4. The number of hydrogen-bond acceptors (Lipinski definition) is 2. The number of hydrogen-bond donors (Lipinski definition) is 1. The number of rotatable bonds is 4. The molecule has 2 rings (SSSR count). The second-order valence-electron chi connectivity index (χ2n) is 4.70. The third kappa shape index (κ3) is 2.20. The fraction of sp³-hybridized carbons (Fsp3) is 0.500. The number of nitrogens with two attached hydrogens (primary N) is 1. The Bertz CT molecular complexity index is 513. The summed E-state index contributed by atoms with van der Waals surface area (Å²) >= 11 is 0. The lowest BCUT2D eigenvalue weighted by Gasteiger charge is -2.16. The van der Waals surface area contributed by atoms with Crippen LogP contribution >= 0.6 is 0 Å². The molecule has 3 nitrogen and oxygen atoms in total. The molecule has 17 heavy (non-hydrogen) atoms. The molecule has 3 heteroatoms. The topological polar surface area (TPSA) is 43.3 Å². The van der Waals surface area contributed by atoms with Gasteiger partial charge in [-0.1, -0.05) is 13.8 Å².